The largest absolute Gasteiger partial charge is 0.493 e. The van der Waals surface area contributed by atoms with Crippen molar-refractivity contribution in [2.24, 2.45) is 0 Å². The van der Waals surface area contributed by atoms with E-state index in [1.54, 1.807) is 18.2 Å². The fraction of sp³-hybridized carbons (Fsp3) is 0.158. The van der Waals surface area contributed by atoms with Crippen LogP contribution in [0, 0.1) is 18.3 Å². The molecule has 0 radical (unpaired) electrons. The first kappa shape index (κ1) is 18.9. The van der Waals surface area contributed by atoms with Crippen molar-refractivity contribution >= 4 is 17.7 Å². The number of carbonyl (C=O) groups excluding carboxylic acids is 1. The van der Waals surface area contributed by atoms with Gasteiger partial charge in [-0.25, -0.2) is 0 Å². The average molecular weight is 358 g/mol. The van der Waals surface area contributed by atoms with Gasteiger partial charge in [-0.2, -0.15) is 14.0 Å². The standard InChI is InChI=1S/C19H16F2N2O3/c1-12-6-3-4-8-15(12)23-18(24)14(11-22)10-13-7-5-9-16(25-2)17(13)26-19(20)21/h3-10,19H,1-2H3,(H,23,24)/b14-10+. The number of nitrogens with zero attached hydrogens (tertiary/aromatic N) is 1. The molecule has 26 heavy (non-hydrogen) atoms. The zero-order valence-electron chi connectivity index (χ0n) is 14.1. The number of benzene rings is 2. The first-order valence-electron chi connectivity index (χ1n) is 7.57. The summed E-state index contributed by atoms with van der Waals surface area (Å²) in [6.45, 7) is -1.27. The van der Waals surface area contributed by atoms with E-state index in [2.05, 4.69) is 10.1 Å². The Morgan fingerprint density at radius 2 is 1.96 bits per heavy atom. The summed E-state index contributed by atoms with van der Waals surface area (Å²) in [5, 5.41) is 11.9. The molecule has 0 saturated carbocycles. The molecule has 0 fully saturated rings. The van der Waals surface area contributed by atoms with Crippen molar-refractivity contribution in [3.8, 4) is 17.6 Å². The summed E-state index contributed by atoms with van der Waals surface area (Å²) < 4.78 is 34.9. The minimum absolute atomic E-state index is 0.0654. The lowest BCUT2D eigenvalue weighted by Crippen LogP contribution is -2.14. The van der Waals surface area contributed by atoms with Crippen molar-refractivity contribution in [3.63, 3.8) is 0 Å². The molecule has 0 aliphatic carbocycles. The number of para-hydroxylation sites is 2. The molecule has 0 heterocycles. The lowest BCUT2D eigenvalue weighted by atomic mass is 10.1. The molecule has 7 heteroatoms. The van der Waals surface area contributed by atoms with Crippen LogP contribution in [0.2, 0.25) is 0 Å². The topological polar surface area (TPSA) is 71.3 Å². The van der Waals surface area contributed by atoms with Gasteiger partial charge < -0.3 is 14.8 Å². The summed E-state index contributed by atoms with van der Waals surface area (Å²) in [4.78, 5) is 12.4. The summed E-state index contributed by atoms with van der Waals surface area (Å²) in [6.07, 6.45) is 1.17. The Balaban J connectivity index is 2.38. The number of anilines is 1. The van der Waals surface area contributed by atoms with Gasteiger partial charge in [0.25, 0.3) is 5.91 Å². The van der Waals surface area contributed by atoms with Gasteiger partial charge in [-0.3, -0.25) is 4.79 Å². The summed E-state index contributed by atoms with van der Waals surface area (Å²) in [6, 6.07) is 13.3. The highest BCUT2D eigenvalue weighted by Crippen LogP contribution is 2.34. The number of rotatable bonds is 6. The van der Waals surface area contributed by atoms with Crippen LogP contribution in [0.5, 0.6) is 11.5 Å². The highest BCUT2D eigenvalue weighted by atomic mass is 19.3. The SMILES string of the molecule is COc1cccc(/C=C(\C#N)C(=O)Nc2ccccc2C)c1OC(F)F. The van der Waals surface area contributed by atoms with Crippen LogP contribution in [0.1, 0.15) is 11.1 Å². The second-order valence-electron chi connectivity index (χ2n) is 5.20. The van der Waals surface area contributed by atoms with Gasteiger partial charge >= 0.3 is 6.61 Å². The number of aryl methyl sites for hydroxylation is 1. The maximum Gasteiger partial charge on any atom is 0.387 e. The van der Waals surface area contributed by atoms with E-state index in [0.717, 1.165) is 5.56 Å². The van der Waals surface area contributed by atoms with Gasteiger partial charge in [-0.15, -0.1) is 0 Å². The molecule has 0 saturated heterocycles. The van der Waals surface area contributed by atoms with Crippen molar-refractivity contribution in [3.05, 3.63) is 59.2 Å². The lowest BCUT2D eigenvalue weighted by molar-refractivity contribution is -0.112. The van der Waals surface area contributed by atoms with E-state index in [4.69, 9.17) is 4.74 Å². The number of nitriles is 1. The molecule has 1 N–H and O–H groups in total. The van der Waals surface area contributed by atoms with Crippen LogP contribution in [-0.4, -0.2) is 19.6 Å². The Hall–Kier alpha value is -3.40. The van der Waals surface area contributed by atoms with Crippen molar-refractivity contribution in [2.75, 3.05) is 12.4 Å². The predicted octanol–water partition coefficient (Wildman–Crippen LogP) is 4.15. The van der Waals surface area contributed by atoms with E-state index in [1.165, 1.54) is 31.4 Å². The van der Waals surface area contributed by atoms with Crippen molar-refractivity contribution in [1.82, 2.24) is 0 Å². The first-order valence-corrected chi connectivity index (χ1v) is 7.57. The first-order chi connectivity index (χ1) is 12.5. The minimum Gasteiger partial charge on any atom is -0.493 e. The monoisotopic (exact) mass is 358 g/mol. The zero-order chi connectivity index (χ0) is 19.1. The van der Waals surface area contributed by atoms with Gasteiger partial charge in [0.1, 0.15) is 11.6 Å². The molecule has 2 aromatic rings. The predicted molar refractivity (Wildman–Crippen MR) is 93.0 cm³/mol. The Kier molecular flexibility index (Phi) is 6.28. The molecule has 0 aliphatic rings. The van der Waals surface area contributed by atoms with Crippen LogP contribution in [0.4, 0.5) is 14.5 Å². The van der Waals surface area contributed by atoms with Gasteiger partial charge in [-0.1, -0.05) is 30.3 Å². The quantitative estimate of drug-likeness (QED) is 0.622. The second kappa shape index (κ2) is 8.62. The fourth-order valence-corrected chi connectivity index (χ4v) is 2.23. The third-order valence-electron chi connectivity index (χ3n) is 3.49. The number of carbonyl (C=O) groups is 1. The number of amides is 1. The number of alkyl halides is 2. The number of methoxy groups -OCH3 is 1. The molecule has 0 aromatic heterocycles. The molecule has 2 rings (SSSR count). The smallest absolute Gasteiger partial charge is 0.387 e. The van der Waals surface area contributed by atoms with Crippen molar-refractivity contribution in [1.29, 1.82) is 5.26 Å². The second-order valence-corrected chi connectivity index (χ2v) is 5.20. The normalized spacial score (nSPS) is 11.0. The molecule has 134 valence electrons. The third-order valence-corrected chi connectivity index (χ3v) is 3.49. The number of nitrogens with one attached hydrogen (secondary N) is 1. The van der Waals surface area contributed by atoms with Gasteiger partial charge in [0.15, 0.2) is 11.5 Å². The van der Waals surface area contributed by atoms with Crippen LogP contribution in [0.3, 0.4) is 0 Å². The molecular weight excluding hydrogens is 342 g/mol. The summed E-state index contributed by atoms with van der Waals surface area (Å²) in [5.74, 6) is -0.843. The van der Waals surface area contributed by atoms with Crippen LogP contribution < -0.4 is 14.8 Å². The van der Waals surface area contributed by atoms with E-state index in [-0.39, 0.29) is 22.6 Å². The average Bonchev–Trinajstić information content (AvgIpc) is 2.62. The molecule has 5 nitrogen and oxygen atoms in total. The van der Waals surface area contributed by atoms with Gasteiger partial charge in [0.05, 0.1) is 7.11 Å². The van der Waals surface area contributed by atoms with E-state index in [0.29, 0.717) is 5.69 Å². The number of hydrogen-bond acceptors (Lipinski definition) is 4. The Morgan fingerprint density at radius 3 is 2.58 bits per heavy atom. The molecule has 1 amide bonds. The summed E-state index contributed by atoms with van der Waals surface area (Å²) >= 11 is 0. The third kappa shape index (κ3) is 4.57. The molecule has 0 spiro atoms. The number of hydrogen-bond donors (Lipinski definition) is 1. The zero-order valence-corrected chi connectivity index (χ0v) is 14.1. The van der Waals surface area contributed by atoms with E-state index >= 15 is 0 Å². The van der Waals surface area contributed by atoms with Crippen LogP contribution in [0.25, 0.3) is 6.08 Å². The molecule has 2 aromatic carbocycles. The molecular formula is C19H16F2N2O3. The summed E-state index contributed by atoms with van der Waals surface area (Å²) in [5.41, 5.74) is 1.23. The maximum atomic E-state index is 12.7. The van der Waals surface area contributed by atoms with Gasteiger partial charge in [-0.05, 0) is 30.7 Å². The van der Waals surface area contributed by atoms with Gasteiger partial charge in [0, 0.05) is 11.3 Å². The fourth-order valence-electron chi connectivity index (χ4n) is 2.23. The van der Waals surface area contributed by atoms with E-state index < -0.39 is 12.5 Å². The highest BCUT2D eigenvalue weighted by molar-refractivity contribution is 6.10. The Bertz CT molecular complexity index is 873. The molecule has 0 bridgehead atoms. The molecule has 0 atom stereocenters. The highest BCUT2D eigenvalue weighted by Gasteiger charge is 2.17. The van der Waals surface area contributed by atoms with Crippen molar-refractivity contribution in [2.45, 2.75) is 13.5 Å². The Morgan fingerprint density at radius 1 is 1.23 bits per heavy atom. The van der Waals surface area contributed by atoms with E-state index in [1.807, 2.05) is 19.1 Å². The minimum atomic E-state index is -3.08. The van der Waals surface area contributed by atoms with Crippen LogP contribution >= 0.6 is 0 Å². The molecule has 0 aliphatic heterocycles. The van der Waals surface area contributed by atoms with Crippen molar-refractivity contribution < 1.29 is 23.0 Å². The van der Waals surface area contributed by atoms with Crippen LogP contribution in [-0.2, 0) is 4.79 Å². The van der Waals surface area contributed by atoms with Gasteiger partial charge in [0.2, 0.25) is 0 Å². The number of ether oxygens (including phenoxy) is 2. The van der Waals surface area contributed by atoms with E-state index in [9.17, 15) is 18.8 Å². The Labute approximate surface area is 149 Å². The maximum absolute atomic E-state index is 12.7. The van der Waals surface area contributed by atoms with Crippen LogP contribution in [0.15, 0.2) is 48.0 Å². The summed E-state index contributed by atoms with van der Waals surface area (Å²) in [7, 11) is 1.30. The lowest BCUT2D eigenvalue weighted by Gasteiger charge is -2.13. The number of halogens is 2. The molecule has 0 unspecified atom stereocenters.